The van der Waals surface area contributed by atoms with E-state index in [-0.39, 0.29) is 233 Å². The van der Waals surface area contributed by atoms with Gasteiger partial charge in [-0.3, -0.25) is 0 Å². The average Bonchev–Trinajstić information content (AvgIpc) is 1.79. The third-order valence-electron chi connectivity index (χ3n) is 26.6. The van der Waals surface area contributed by atoms with Crippen LogP contribution in [0, 0.1) is 187 Å². The maximum Gasteiger partial charge on any atom is 2.00 e. The van der Waals surface area contributed by atoms with E-state index in [1.807, 2.05) is 0 Å². The molecular formula is C111H238Fe6Ru. The molecule has 0 aliphatic heterocycles. The topological polar surface area (TPSA) is 0 Å². The summed E-state index contributed by atoms with van der Waals surface area (Å²) in [5.41, 5.74) is 0. The smallest absolute Gasteiger partial charge is 0.358 e. The van der Waals surface area contributed by atoms with Gasteiger partial charge < -0.3 is 104 Å². The first kappa shape index (κ1) is 178. The molecule has 6 atom stereocenters. The van der Waals surface area contributed by atoms with Crippen LogP contribution in [0.25, 0.3) is 0 Å². The van der Waals surface area contributed by atoms with Crippen LogP contribution in [-0.4, -0.2) is 0 Å². The van der Waals surface area contributed by atoms with Crippen LogP contribution in [0.3, 0.4) is 0 Å². The Morgan fingerprint density at radius 3 is 0.415 bits per heavy atom. The van der Waals surface area contributed by atoms with Crippen LogP contribution in [0.1, 0.15) is 541 Å². The zero-order valence-corrected chi connectivity index (χ0v) is 95.0. The fourth-order valence-electron chi connectivity index (χ4n) is 19.4. The Balaban J connectivity index is -0.0000000416. The van der Waals surface area contributed by atoms with Crippen molar-refractivity contribution in [3.05, 3.63) is 104 Å². The summed E-state index contributed by atoms with van der Waals surface area (Å²) >= 11 is 0. The van der Waals surface area contributed by atoms with Crippen LogP contribution in [-0.2, 0) is 122 Å². The molecule has 0 N–H and O–H groups in total. The minimum Gasteiger partial charge on any atom is -0.358 e. The molecule has 0 spiro atoms. The second kappa shape index (κ2) is 134. The quantitative estimate of drug-likeness (QED) is 0.135. The van der Waals surface area contributed by atoms with Crippen molar-refractivity contribution in [1.82, 2.24) is 0 Å². The molecule has 14 aliphatic rings. The third kappa shape index (κ3) is 112. The molecule has 14 aliphatic carbocycles. The standard InChI is InChI=1S/C11H22.C9H18.3C8H16.C7H14.5C6H12.3C5H10.CH4.14CH3.6Fe.Ru/c1-3-6-10-8-5-9-11(10)7-4-2;1-3-5-9-7-4-6-8(9)2;3*1-2-5-8-6-3-4-7-8;1-6-4-3-5-7(6)2;5*1-6-4-2-3-5-6;3*1-2-4-5-3-1;;;;;;;;;;;;;;;;;;;;;;/h10-11H,3-9H2,1-2H3;8-9H,3-7H2,1-2H3;3*8H,2-7H2,1H3;6-7H,3-5H2,1-2H3;5*6H,2-5H2,1H3;3*1-5H2;1H4;14*1H3;;;;;;;/q;;;;;;;;;;;;;;;14*-1;7*+2. The van der Waals surface area contributed by atoms with Gasteiger partial charge in [-0.25, -0.2) is 0 Å². The van der Waals surface area contributed by atoms with E-state index < -0.39 is 0 Å². The minimum atomic E-state index is 0. The van der Waals surface area contributed by atoms with Crippen molar-refractivity contribution in [2.45, 2.75) is 541 Å². The summed E-state index contributed by atoms with van der Waals surface area (Å²) in [5, 5.41) is 0. The Morgan fingerprint density at radius 2 is 0.288 bits per heavy atom. The van der Waals surface area contributed by atoms with Gasteiger partial charge in [-0.2, -0.15) is 0 Å². The van der Waals surface area contributed by atoms with Crippen molar-refractivity contribution in [3.8, 4) is 0 Å². The fourth-order valence-corrected chi connectivity index (χ4v) is 19.4. The van der Waals surface area contributed by atoms with E-state index in [0.717, 1.165) is 82.9 Å². The van der Waals surface area contributed by atoms with E-state index >= 15 is 0 Å². The molecule has 0 bridgehead atoms. The largest absolute Gasteiger partial charge is 2.00 e. The minimum absolute atomic E-state index is 0. The molecule has 6 unspecified atom stereocenters. The van der Waals surface area contributed by atoms with E-state index in [9.17, 15) is 0 Å². The first-order valence-electron chi connectivity index (χ1n) is 46.8. The molecule has 0 aromatic rings. The summed E-state index contributed by atoms with van der Waals surface area (Å²) in [6, 6.07) is 0. The molecule has 0 nitrogen and oxygen atoms in total. The molecule has 14 saturated carbocycles. The van der Waals surface area contributed by atoms with Gasteiger partial charge in [0, 0.05) is 0 Å². The van der Waals surface area contributed by atoms with Gasteiger partial charge in [-0.15, -0.1) is 0 Å². The maximum absolute atomic E-state index is 2.41. The summed E-state index contributed by atoms with van der Waals surface area (Å²) in [5.74, 6) is 14.9. The molecule has 14 fully saturated rings. The van der Waals surface area contributed by atoms with Gasteiger partial charge >= 0.3 is 122 Å². The molecule has 0 aromatic carbocycles. The van der Waals surface area contributed by atoms with Crippen molar-refractivity contribution in [1.29, 1.82) is 0 Å². The van der Waals surface area contributed by atoms with Gasteiger partial charge in [-0.05, 0) is 82.9 Å². The van der Waals surface area contributed by atoms with Crippen molar-refractivity contribution in [3.63, 3.8) is 0 Å². The van der Waals surface area contributed by atoms with E-state index in [4.69, 9.17) is 0 Å². The van der Waals surface area contributed by atoms with E-state index in [1.165, 1.54) is 437 Å². The molecule has 0 heterocycles. The second-order valence-electron chi connectivity index (χ2n) is 36.4. The molecule has 0 saturated heterocycles. The Morgan fingerprint density at radius 1 is 0.153 bits per heavy atom. The van der Waals surface area contributed by atoms with Crippen LogP contribution in [0.2, 0.25) is 0 Å². The number of rotatable bonds is 12. The van der Waals surface area contributed by atoms with Crippen LogP contribution >= 0.6 is 0 Å². The van der Waals surface area contributed by atoms with Gasteiger partial charge in [0.05, 0.1) is 0 Å². The molecule has 0 amide bonds. The predicted molar refractivity (Wildman–Crippen MR) is 539 cm³/mol. The second-order valence-corrected chi connectivity index (χ2v) is 36.4. The normalized spacial score (nSPS) is 22.1. The molecule has 7 heteroatoms. The number of hydrogen-bond donors (Lipinski definition) is 0. The maximum atomic E-state index is 2.41. The fraction of sp³-hybridized carbons (Fsp3) is 0.874. The molecule has 0 radical (unpaired) electrons. The van der Waals surface area contributed by atoms with Gasteiger partial charge in [0.2, 0.25) is 0 Å². The van der Waals surface area contributed by atoms with Gasteiger partial charge in [-0.1, -0.05) is 541 Å². The summed E-state index contributed by atoms with van der Waals surface area (Å²) in [4.78, 5) is 0. The Labute approximate surface area is 841 Å². The van der Waals surface area contributed by atoms with Crippen LogP contribution < -0.4 is 0 Å². The molecule has 0 aromatic heterocycles. The van der Waals surface area contributed by atoms with E-state index in [2.05, 4.69) is 96.9 Å². The van der Waals surface area contributed by atoms with Gasteiger partial charge in [0.25, 0.3) is 0 Å². The van der Waals surface area contributed by atoms with E-state index in [1.54, 1.807) is 0 Å². The first-order chi connectivity index (χ1) is 46.8. The van der Waals surface area contributed by atoms with E-state index in [0.29, 0.717) is 0 Å². The molecule has 738 valence electrons. The third-order valence-corrected chi connectivity index (χ3v) is 26.6. The summed E-state index contributed by atoms with van der Waals surface area (Å²) in [7, 11) is 0. The van der Waals surface area contributed by atoms with Gasteiger partial charge in [0.1, 0.15) is 0 Å². The predicted octanol–water partition coefficient (Wildman–Crippen LogP) is 42.4. The van der Waals surface area contributed by atoms with Gasteiger partial charge in [0.15, 0.2) is 0 Å². The molecule has 118 heavy (non-hydrogen) atoms. The summed E-state index contributed by atoms with van der Waals surface area (Å²) < 4.78 is 0. The molecular weight excluding hydrogens is 1770 g/mol. The molecule has 14 rings (SSSR count). The summed E-state index contributed by atoms with van der Waals surface area (Å²) in [6.45, 7) is 32.6. The summed E-state index contributed by atoms with van der Waals surface area (Å²) in [6.07, 6.45) is 101. The monoisotopic (exact) mass is 2010 g/mol. The SMILES string of the molecule is C.C1CCCC1.C1CCCC1.C1CCCC1.CC1CCCC1.CC1CCCC1.CC1CCCC1.CC1CCCC1.CC1CCCC1.CC1CCCC1C.CCCC1CCCC1.CCCC1CCCC1.CCCC1CCCC1.CCCC1CCCC1C.CCCC1CCCC1CCC.[CH3-].[CH3-].[CH3-].[CH3-].[CH3-].[CH3-].[CH3-].[CH3-].[CH3-].[CH3-].[CH3-].[CH3-].[CH3-].[CH3-].[Fe+2].[Fe+2].[Fe+2].[Fe+2].[Fe+2].[Fe+2].[Ru+2]. The van der Waals surface area contributed by atoms with Crippen molar-refractivity contribution >= 4 is 0 Å². The van der Waals surface area contributed by atoms with Crippen molar-refractivity contribution in [2.75, 3.05) is 0 Å². The Kier molecular flexibility index (Phi) is 202. The average molecular weight is 2010 g/mol. The zero-order chi connectivity index (χ0) is 70.2. The van der Waals surface area contributed by atoms with Crippen LogP contribution in [0.15, 0.2) is 0 Å². The van der Waals surface area contributed by atoms with Crippen molar-refractivity contribution < 1.29 is 122 Å². The first-order valence-corrected chi connectivity index (χ1v) is 46.8. The zero-order valence-electron chi connectivity index (χ0n) is 86.6. The van der Waals surface area contributed by atoms with Crippen LogP contribution in [0.5, 0.6) is 0 Å². The number of hydrogen-bond acceptors (Lipinski definition) is 0. The van der Waals surface area contributed by atoms with Crippen LogP contribution in [0.4, 0.5) is 0 Å². The van der Waals surface area contributed by atoms with Crippen molar-refractivity contribution in [2.24, 2.45) is 82.9 Å². The Bertz CT molecular complexity index is 1280. The Hall–Kier alpha value is 3.74.